The monoisotopic (exact) mass is 376 g/mol. The molecule has 138 valence electrons. The van der Waals surface area contributed by atoms with Gasteiger partial charge >= 0.3 is 0 Å². The number of aryl methyl sites for hydroxylation is 1. The summed E-state index contributed by atoms with van der Waals surface area (Å²) in [6.45, 7) is 4.21. The molecule has 0 spiro atoms. The first-order chi connectivity index (χ1) is 12.4. The summed E-state index contributed by atoms with van der Waals surface area (Å²) in [6, 6.07) is 5.37. The number of rotatable bonds is 8. The van der Waals surface area contributed by atoms with Crippen molar-refractivity contribution in [1.29, 1.82) is 0 Å². The van der Waals surface area contributed by atoms with Crippen molar-refractivity contribution >= 4 is 34.0 Å². The summed E-state index contributed by atoms with van der Waals surface area (Å²) >= 11 is 1.36. The van der Waals surface area contributed by atoms with Gasteiger partial charge in [0.15, 0.2) is 5.13 Å². The van der Waals surface area contributed by atoms with E-state index in [9.17, 15) is 19.7 Å². The summed E-state index contributed by atoms with van der Waals surface area (Å²) in [7, 11) is 0. The first-order valence-corrected chi connectivity index (χ1v) is 8.98. The molecule has 0 aliphatic carbocycles. The van der Waals surface area contributed by atoms with Crippen LogP contribution in [0.25, 0.3) is 0 Å². The number of carbonyl (C=O) groups is 2. The molecule has 2 aromatic rings. The predicted octanol–water partition coefficient (Wildman–Crippen LogP) is 3.24. The largest absolute Gasteiger partial charge is 0.329 e. The average Bonchev–Trinajstić information content (AvgIpc) is 3.02. The zero-order chi connectivity index (χ0) is 19.1. The number of unbranched alkanes of at least 4 members (excludes halogenated alkanes) is 1. The van der Waals surface area contributed by atoms with Crippen molar-refractivity contribution in [2.24, 2.45) is 0 Å². The van der Waals surface area contributed by atoms with Gasteiger partial charge in [0.1, 0.15) is 6.54 Å². The maximum atomic E-state index is 12.7. The van der Waals surface area contributed by atoms with Crippen molar-refractivity contribution in [3.05, 3.63) is 51.0 Å². The number of anilines is 1. The van der Waals surface area contributed by atoms with Gasteiger partial charge < -0.3 is 10.2 Å². The van der Waals surface area contributed by atoms with Gasteiger partial charge in [0.25, 0.3) is 11.6 Å². The van der Waals surface area contributed by atoms with Crippen LogP contribution in [0.5, 0.6) is 0 Å². The molecule has 0 fully saturated rings. The molecule has 0 atom stereocenters. The number of hydrogen-bond donors (Lipinski definition) is 1. The quantitative estimate of drug-likeness (QED) is 0.562. The number of thiazole rings is 1. The Kier molecular flexibility index (Phi) is 6.79. The van der Waals surface area contributed by atoms with Crippen LogP contribution in [0.15, 0.2) is 30.5 Å². The van der Waals surface area contributed by atoms with Crippen LogP contribution in [0.4, 0.5) is 10.8 Å². The number of amides is 2. The Hall–Kier alpha value is -2.81. The Morgan fingerprint density at radius 1 is 1.31 bits per heavy atom. The van der Waals surface area contributed by atoms with E-state index in [2.05, 4.69) is 10.3 Å². The van der Waals surface area contributed by atoms with E-state index >= 15 is 0 Å². The lowest BCUT2D eigenvalue weighted by molar-refractivity contribution is -0.384. The lowest BCUT2D eigenvalue weighted by Crippen LogP contribution is -2.38. The van der Waals surface area contributed by atoms with Crippen LogP contribution in [0.3, 0.4) is 0 Å². The first kappa shape index (κ1) is 19.5. The van der Waals surface area contributed by atoms with Crippen LogP contribution in [0.1, 0.15) is 35.0 Å². The number of nitro benzene ring substituents is 1. The molecule has 1 heterocycles. The van der Waals surface area contributed by atoms with E-state index in [-0.39, 0.29) is 24.0 Å². The Morgan fingerprint density at radius 2 is 2.00 bits per heavy atom. The van der Waals surface area contributed by atoms with E-state index in [1.54, 1.807) is 6.20 Å². The summed E-state index contributed by atoms with van der Waals surface area (Å²) in [5.41, 5.74) is 0.225. The van der Waals surface area contributed by atoms with Crippen molar-refractivity contribution in [3.8, 4) is 0 Å². The highest BCUT2D eigenvalue weighted by Gasteiger charge is 2.20. The molecule has 0 bridgehead atoms. The van der Waals surface area contributed by atoms with Crippen LogP contribution in [-0.2, 0) is 4.79 Å². The zero-order valence-electron chi connectivity index (χ0n) is 14.6. The maximum Gasteiger partial charge on any atom is 0.269 e. The Bertz CT molecular complexity index is 788. The smallest absolute Gasteiger partial charge is 0.269 e. The van der Waals surface area contributed by atoms with Crippen LogP contribution < -0.4 is 5.32 Å². The number of hydrogen-bond acceptors (Lipinski definition) is 6. The molecule has 1 N–H and O–H groups in total. The minimum Gasteiger partial charge on any atom is -0.329 e. The van der Waals surface area contributed by atoms with E-state index in [0.717, 1.165) is 17.7 Å². The van der Waals surface area contributed by atoms with E-state index in [1.165, 1.54) is 40.5 Å². The second kappa shape index (κ2) is 9.04. The molecule has 9 heteroatoms. The zero-order valence-corrected chi connectivity index (χ0v) is 15.4. The fourth-order valence-electron chi connectivity index (χ4n) is 2.25. The van der Waals surface area contributed by atoms with Crippen LogP contribution >= 0.6 is 11.3 Å². The van der Waals surface area contributed by atoms with Gasteiger partial charge in [-0.3, -0.25) is 19.7 Å². The molecule has 2 amide bonds. The number of carbonyl (C=O) groups excluding carboxylic acids is 2. The number of nitrogens with one attached hydrogen (secondary N) is 1. The summed E-state index contributed by atoms with van der Waals surface area (Å²) in [5.74, 6) is -0.662. The molecule has 1 aromatic heterocycles. The van der Waals surface area contributed by atoms with Crippen molar-refractivity contribution < 1.29 is 14.5 Å². The van der Waals surface area contributed by atoms with Crippen molar-refractivity contribution in [2.75, 3.05) is 18.4 Å². The van der Waals surface area contributed by atoms with Gasteiger partial charge in [-0.05, 0) is 25.5 Å². The summed E-state index contributed by atoms with van der Waals surface area (Å²) in [6.07, 6.45) is 3.29. The molecule has 1 aromatic carbocycles. The number of non-ortho nitro benzene ring substituents is 1. The minimum absolute atomic E-state index is 0.0847. The molecule has 0 aliphatic rings. The second-order valence-electron chi connectivity index (χ2n) is 5.71. The first-order valence-electron chi connectivity index (χ1n) is 8.16. The molecule has 26 heavy (non-hydrogen) atoms. The lowest BCUT2D eigenvalue weighted by atomic mass is 10.1. The molecule has 0 aliphatic heterocycles. The van der Waals surface area contributed by atoms with Crippen LogP contribution in [0, 0.1) is 17.0 Å². The number of nitrogens with zero attached hydrogens (tertiary/aromatic N) is 3. The SMILES string of the molecule is CCCCN(CC(=O)Nc1ncc(C)s1)C(=O)c1ccc([N+](=O)[O-])cc1. The topological polar surface area (TPSA) is 105 Å². The van der Waals surface area contributed by atoms with Gasteiger partial charge in [0.2, 0.25) is 5.91 Å². The summed E-state index contributed by atoms with van der Waals surface area (Å²) in [5, 5.41) is 13.9. The molecule has 0 saturated carbocycles. The minimum atomic E-state index is -0.521. The van der Waals surface area contributed by atoms with Crippen molar-refractivity contribution in [2.45, 2.75) is 26.7 Å². The number of aromatic nitrogens is 1. The summed E-state index contributed by atoms with van der Waals surface area (Å²) in [4.78, 5) is 41.6. The highest BCUT2D eigenvalue weighted by atomic mass is 32.1. The maximum absolute atomic E-state index is 12.7. The Balaban J connectivity index is 2.08. The lowest BCUT2D eigenvalue weighted by Gasteiger charge is -2.21. The third-order valence-electron chi connectivity index (χ3n) is 3.60. The molecule has 0 radical (unpaired) electrons. The van der Waals surface area contributed by atoms with E-state index in [1.807, 2.05) is 13.8 Å². The third-order valence-corrected chi connectivity index (χ3v) is 4.42. The van der Waals surface area contributed by atoms with Gasteiger partial charge in [-0.2, -0.15) is 0 Å². The predicted molar refractivity (Wildman–Crippen MR) is 99.4 cm³/mol. The van der Waals surface area contributed by atoms with Gasteiger partial charge in [-0.15, -0.1) is 11.3 Å². The van der Waals surface area contributed by atoms with E-state index in [0.29, 0.717) is 17.2 Å². The fraction of sp³-hybridized carbons (Fsp3) is 0.353. The Morgan fingerprint density at radius 3 is 2.54 bits per heavy atom. The van der Waals surface area contributed by atoms with Crippen LogP contribution in [-0.4, -0.2) is 39.7 Å². The number of benzene rings is 1. The standard InChI is InChI=1S/C17H20N4O4S/c1-3-4-9-20(11-15(22)19-17-18-10-12(2)26-17)16(23)13-5-7-14(8-6-13)21(24)25/h5-8,10H,3-4,9,11H2,1-2H3,(H,18,19,22). The highest BCUT2D eigenvalue weighted by Crippen LogP contribution is 2.17. The third kappa shape index (κ3) is 5.35. The van der Waals surface area contributed by atoms with E-state index < -0.39 is 4.92 Å². The fourth-order valence-corrected chi connectivity index (χ4v) is 2.94. The second-order valence-corrected chi connectivity index (χ2v) is 6.94. The summed E-state index contributed by atoms with van der Waals surface area (Å²) < 4.78 is 0. The van der Waals surface area contributed by atoms with Crippen molar-refractivity contribution in [1.82, 2.24) is 9.88 Å². The van der Waals surface area contributed by atoms with E-state index in [4.69, 9.17) is 0 Å². The van der Waals surface area contributed by atoms with Crippen LogP contribution in [0.2, 0.25) is 0 Å². The van der Waals surface area contributed by atoms with Gasteiger partial charge in [-0.25, -0.2) is 4.98 Å². The van der Waals surface area contributed by atoms with Gasteiger partial charge in [-0.1, -0.05) is 13.3 Å². The molecule has 8 nitrogen and oxygen atoms in total. The molecular formula is C17H20N4O4S. The molecule has 2 rings (SSSR count). The molecule has 0 saturated heterocycles. The van der Waals surface area contributed by atoms with Gasteiger partial charge in [0.05, 0.1) is 4.92 Å². The average molecular weight is 376 g/mol. The Labute approximate surface area is 155 Å². The molecular weight excluding hydrogens is 356 g/mol. The molecule has 0 unspecified atom stereocenters. The normalized spacial score (nSPS) is 10.4. The highest BCUT2D eigenvalue weighted by molar-refractivity contribution is 7.15. The van der Waals surface area contributed by atoms with Gasteiger partial charge in [0, 0.05) is 35.3 Å². The number of nitro groups is 1. The van der Waals surface area contributed by atoms with Crippen molar-refractivity contribution in [3.63, 3.8) is 0 Å².